The minimum Gasteiger partial charge on any atom is -0.361 e. The van der Waals surface area contributed by atoms with Crippen LogP contribution in [0.2, 0.25) is 0 Å². The minimum absolute atomic E-state index is 1.03. The molecule has 0 aliphatic heterocycles. The molecule has 2 nitrogen and oxygen atoms in total. The minimum atomic E-state index is 1.03. The number of hydrogen-bond donors (Lipinski definition) is 0. The van der Waals surface area contributed by atoms with Gasteiger partial charge in [-0.25, -0.2) is 4.99 Å². The lowest BCUT2D eigenvalue weighted by Crippen LogP contribution is -2.27. The Morgan fingerprint density at radius 1 is 0.941 bits per heavy atom. The first-order valence-corrected chi connectivity index (χ1v) is 6.95. The van der Waals surface area contributed by atoms with Crippen molar-refractivity contribution < 1.29 is 0 Å². The van der Waals surface area contributed by atoms with Gasteiger partial charge in [0.05, 0.1) is 0 Å². The van der Waals surface area contributed by atoms with Crippen LogP contribution in [0.25, 0.3) is 0 Å². The number of aliphatic imine (C=N–C) groups is 1. The quantitative estimate of drug-likeness (QED) is 0.496. The van der Waals surface area contributed by atoms with Gasteiger partial charge in [-0.15, -0.1) is 0 Å². The maximum absolute atomic E-state index is 4.35. The summed E-state index contributed by atoms with van der Waals surface area (Å²) >= 11 is 0. The van der Waals surface area contributed by atoms with E-state index in [2.05, 4.69) is 51.4 Å². The lowest BCUT2D eigenvalue weighted by Gasteiger charge is -2.19. The standard InChI is InChI=1S/C10H20N2.C3H8.C2H6/c1-6-12(7-2)10(5)11-8-9(3)4;1-3-2;1-2/h8H,6-7H2,1-5H3;3H2,1-2H3;1-2H3. The lowest BCUT2D eigenvalue weighted by atomic mass is 10.4. The van der Waals surface area contributed by atoms with Gasteiger partial charge < -0.3 is 4.90 Å². The zero-order chi connectivity index (χ0) is 14.3. The number of amidine groups is 1. The van der Waals surface area contributed by atoms with E-state index in [1.807, 2.05) is 27.0 Å². The highest BCUT2D eigenvalue weighted by Gasteiger charge is 1.98. The second kappa shape index (κ2) is 17.6. The molecule has 0 aromatic rings. The average Bonchev–Trinajstić information content (AvgIpc) is 2.31. The van der Waals surface area contributed by atoms with E-state index in [-0.39, 0.29) is 0 Å². The molecule has 0 amide bonds. The summed E-state index contributed by atoms with van der Waals surface area (Å²) in [6.45, 7) is 20.8. The number of hydrogen-bond acceptors (Lipinski definition) is 1. The molecule has 0 aliphatic rings. The van der Waals surface area contributed by atoms with Crippen molar-refractivity contribution in [3.8, 4) is 0 Å². The van der Waals surface area contributed by atoms with Crippen molar-refractivity contribution in [2.45, 2.75) is 68.7 Å². The molecule has 0 rings (SSSR count). The first-order valence-electron chi connectivity index (χ1n) is 6.95. The molecular weight excluding hydrogens is 208 g/mol. The topological polar surface area (TPSA) is 15.6 Å². The molecule has 0 bridgehead atoms. The summed E-state index contributed by atoms with van der Waals surface area (Å²) in [5, 5.41) is 0. The Balaban J connectivity index is -0.000000337. The van der Waals surface area contributed by atoms with Crippen molar-refractivity contribution in [2.75, 3.05) is 13.1 Å². The van der Waals surface area contributed by atoms with Gasteiger partial charge in [0.15, 0.2) is 0 Å². The predicted octanol–water partition coefficient (Wildman–Crippen LogP) is 5.11. The Kier molecular flexibility index (Phi) is 22.2. The Morgan fingerprint density at radius 2 is 1.29 bits per heavy atom. The molecule has 0 radical (unpaired) electrons. The van der Waals surface area contributed by atoms with Crippen molar-refractivity contribution in [2.24, 2.45) is 4.99 Å². The highest BCUT2D eigenvalue weighted by atomic mass is 15.2. The first-order chi connectivity index (χ1) is 8.03. The van der Waals surface area contributed by atoms with Gasteiger partial charge >= 0.3 is 0 Å². The van der Waals surface area contributed by atoms with Crippen LogP contribution in [-0.4, -0.2) is 23.8 Å². The fourth-order valence-electron chi connectivity index (χ4n) is 0.985. The van der Waals surface area contributed by atoms with Crippen LogP contribution in [0.15, 0.2) is 16.8 Å². The Bertz CT molecular complexity index is 185. The molecule has 0 saturated heterocycles. The molecule has 104 valence electrons. The van der Waals surface area contributed by atoms with Crippen LogP contribution >= 0.6 is 0 Å². The summed E-state index contributed by atoms with van der Waals surface area (Å²) in [4.78, 5) is 6.58. The first kappa shape index (κ1) is 21.5. The van der Waals surface area contributed by atoms with Crippen molar-refractivity contribution in [3.63, 3.8) is 0 Å². The van der Waals surface area contributed by atoms with Gasteiger partial charge in [0.1, 0.15) is 5.84 Å². The van der Waals surface area contributed by atoms with Crippen LogP contribution in [0, 0.1) is 0 Å². The van der Waals surface area contributed by atoms with E-state index >= 15 is 0 Å². The fraction of sp³-hybridized carbons (Fsp3) is 0.800. The third kappa shape index (κ3) is 17.8. The van der Waals surface area contributed by atoms with Crippen molar-refractivity contribution >= 4 is 5.84 Å². The highest BCUT2D eigenvalue weighted by molar-refractivity contribution is 5.80. The van der Waals surface area contributed by atoms with Gasteiger partial charge in [-0.05, 0) is 34.6 Å². The van der Waals surface area contributed by atoms with Gasteiger partial charge in [0, 0.05) is 19.3 Å². The van der Waals surface area contributed by atoms with Crippen LogP contribution in [-0.2, 0) is 0 Å². The van der Waals surface area contributed by atoms with Gasteiger partial charge in [-0.3, -0.25) is 0 Å². The third-order valence-corrected chi connectivity index (χ3v) is 1.73. The average molecular weight is 242 g/mol. The van der Waals surface area contributed by atoms with E-state index in [9.17, 15) is 0 Å². The molecule has 2 heteroatoms. The molecule has 0 aromatic carbocycles. The zero-order valence-corrected chi connectivity index (χ0v) is 13.6. The van der Waals surface area contributed by atoms with Crippen molar-refractivity contribution in [1.82, 2.24) is 4.90 Å². The molecule has 17 heavy (non-hydrogen) atoms. The number of allylic oxidation sites excluding steroid dienone is 1. The van der Waals surface area contributed by atoms with Crippen molar-refractivity contribution in [3.05, 3.63) is 11.8 Å². The van der Waals surface area contributed by atoms with Crippen molar-refractivity contribution in [1.29, 1.82) is 0 Å². The molecule has 0 heterocycles. The second-order valence-electron chi connectivity index (χ2n) is 3.76. The summed E-state index contributed by atoms with van der Waals surface area (Å²) in [6.07, 6.45) is 3.16. The smallest absolute Gasteiger partial charge is 0.101 e. The summed E-state index contributed by atoms with van der Waals surface area (Å²) in [5.74, 6) is 1.10. The Hall–Kier alpha value is -0.790. The lowest BCUT2D eigenvalue weighted by molar-refractivity contribution is 0.463. The van der Waals surface area contributed by atoms with E-state index in [1.54, 1.807) is 0 Å². The normalized spacial score (nSPS) is 9.35. The van der Waals surface area contributed by atoms with Crippen LogP contribution in [0.1, 0.15) is 68.7 Å². The van der Waals surface area contributed by atoms with Crippen LogP contribution in [0.4, 0.5) is 0 Å². The Morgan fingerprint density at radius 3 is 1.53 bits per heavy atom. The summed E-state index contributed by atoms with van der Waals surface area (Å²) in [7, 11) is 0. The van der Waals surface area contributed by atoms with E-state index < -0.39 is 0 Å². The second-order valence-corrected chi connectivity index (χ2v) is 3.76. The molecule has 0 aliphatic carbocycles. The Labute approximate surface area is 110 Å². The molecule has 0 aromatic heterocycles. The summed E-state index contributed by atoms with van der Waals surface area (Å²) < 4.78 is 0. The van der Waals surface area contributed by atoms with Gasteiger partial charge in [0.25, 0.3) is 0 Å². The van der Waals surface area contributed by atoms with Gasteiger partial charge in [0.2, 0.25) is 0 Å². The molecule has 0 saturated carbocycles. The van der Waals surface area contributed by atoms with Gasteiger partial charge in [-0.1, -0.05) is 39.7 Å². The summed E-state index contributed by atoms with van der Waals surface area (Å²) in [5.41, 5.74) is 1.24. The van der Waals surface area contributed by atoms with E-state index in [0.29, 0.717) is 0 Å². The van der Waals surface area contributed by atoms with E-state index in [0.717, 1.165) is 18.9 Å². The molecule has 0 N–H and O–H groups in total. The molecule has 0 fully saturated rings. The maximum atomic E-state index is 4.35. The zero-order valence-electron chi connectivity index (χ0n) is 13.6. The molecule has 0 unspecified atom stereocenters. The van der Waals surface area contributed by atoms with E-state index in [1.165, 1.54) is 12.0 Å². The van der Waals surface area contributed by atoms with Crippen LogP contribution in [0.5, 0.6) is 0 Å². The van der Waals surface area contributed by atoms with E-state index in [4.69, 9.17) is 0 Å². The fourth-order valence-corrected chi connectivity index (χ4v) is 0.985. The molecular formula is C15H34N2. The van der Waals surface area contributed by atoms with Crippen LogP contribution < -0.4 is 0 Å². The predicted molar refractivity (Wildman–Crippen MR) is 82.8 cm³/mol. The van der Waals surface area contributed by atoms with Crippen LogP contribution in [0.3, 0.4) is 0 Å². The SMILES string of the molecule is CC.CCC.CCN(CC)C(C)=NC=C(C)C. The number of nitrogens with zero attached hydrogens (tertiary/aromatic N) is 2. The maximum Gasteiger partial charge on any atom is 0.101 e. The van der Waals surface area contributed by atoms with Gasteiger partial charge in [-0.2, -0.15) is 0 Å². The number of rotatable bonds is 3. The molecule has 0 spiro atoms. The molecule has 0 atom stereocenters. The highest BCUT2D eigenvalue weighted by Crippen LogP contribution is 1.94. The monoisotopic (exact) mass is 242 g/mol. The largest absolute Gasteiger partial charge is 0.361 e. The summed E-state index contributed by atoms with van der Waals surface area (Å²) in [6, 6.07) is 0. The third-order valence-electron chi connectivity index (χ3n) is 1.73.